The van der Waals surface area contributed by atoms with Gasteiger partial charge in [0.2, 0.25) is 0 Å². The van der Waals surface area contributed by atoms with E-state index in [9.17, 15) is 4.79 Å². The minimum Gasteiger partial charge on any atom is -0.296 e. The minimum absolute atomic E-state index is 0.507. The minimum atomic E-state index is -0.534. The molecular formula is C9H6Br2N2O2. The summed E-state index contributed by atoms with van der Waals surface area (Å²) >= 11 is 6.86. The van der Waals surface area contributed by atoms with Crippen LogP contribution in [0.5, 0.6) is 0 Å². The Kier molecular flexibility index (Phi) is 3.06. The lowest BCUT2D eigenvalue weighted by molar-refractivity contribution is 0.382. The van der Waals surface area contributed by atoms with Gasteiger partial charge in [-0.1, -0.05) is 43.1 Å². The predicted molar refractivity (Wildman–Crippen MR) is 61.8 cm³/mol. The number of rotatable bonds is 2. The first-order chi connectivity index (χ1) is 7.16. The van der Waals surface area contributed by atoms with E-state index in [0.29, 0.717) is 12.2 Å². The van der Waals surface area contributed by atoms with Crippen molar-refractivity contribution in [3.05, 3.63) is 49.1 Å². The van der Waals surface area contributed by atoms with Gasteiger partial charge in [-0.05, 0) is 17.7 Å². The molecule has 1 N–H and O–H groups in total. The average Bonchev–Trinajstić information content (AvgIpc) is 2.58. The van der Waals surface area contributed by atoms with E-state index in [1.165, 1.54) is 0 Å². The van der Waals surface area contributed by atoms with E-state index < -0.39 is 5.76 Å². The fourth-order valence-corrected chi connectivity index (χ4v) is 2.48. The van der Waals surface area contributed by atoms with Gasteiger partial charge in [-0.2, -0.15) is 0 Å². The van der Waals surface area contributed by atoms with E-state index in [0.717, 1.165) is 14.5 Å². The summed E-state index contributed by atoms with van der Waals surface area (Å²) in [5.41, 5.74) is 1.02. The molecule has 0 saturated carbocycles. The number of hydrogen-bond acceptors (Lipinski definition) is 3. The maximum absolute atomic E-state index is 10.7. The first-order valence-electron chi connectivity index (χ1n) is 4.14. The van der Waals surface area contributed by atoms with Gasteiger partial charge in [-0.25, -0.2) is 4.79 Å². The zero-order valence-corrected chi connectivity index (χ0v) is 10.6. The molecule has 78 valence electrons. The van der Waals surface area contributed by atoms with Crippen LogP contribution in [0.25, 0.3) is 0 Å². The quantitative estimate of drug-likeness (QED) is 0.918. The van der Waals surface area contributed by atoms with Crippen LogP contribution in [-0.4, -0.2) is 10.1 Å². The number of aromatic nitrogens is 2. The highest BCUT2D eigenvalue weighted by atomic mass is 79.9. The SMILES string of the molecule is O=c1[nH]c(Cc2c(Br)cccc2Br)no1. The molecule has 0 aliphatic carbocycles. The number of nitrogens with one attached hydrogen (secondary N) is 1. The molecule has 0 unspecified atom stereocenters. The van der Waals surface area contributed by atoms with Gasteiger partial charge in [0.1, 0.15) is 0 Å². The van der Waals surface area contributed by atoms with Gasteiger partial charge in [0, 0.05) is 15.4 Å². The van der Waals surface area contributed by atoms with Crippen LogP contribution in [-0.2, 0) is 6.42 Å². The third-order valence-electron chi connectivity index (χ3n) is 1.89. The van der Waals surface area contributed by atoms with E-state index >= 15 is 0 Å². The Balaban J connectivity index is 2.35. The number of hydrogen-bond donors (Lipinski definition) is 1. The molecule has 0 fully saturated rings. The third kappa shape index (κ3) is 2.38. The topological polar surface area (TPSA) is 58.9 Å². The summed E-state index contributed by atoms with van der Waals surface area (Å²) in [5.74, 6) is -0.0271. The van der Waals surface area contributed by atoms with Crippen molar-refractivity contribution < 1.29 is 4.52 Å². The van der Waals surface area contributed by atoms with Crippen molar-refractivity contribution in [2.75, 3.05) is 0 Å². The van der Waals surface area contributed by atoms with Crippen molar-refractivity contribution in [2.24, 2.45) is 0 Å². The van der Waals surface area contributed by atoms with E-state index in [1.807, 2.05) is 18.2 Å². The van der Waals surface area contributed by atoms with Crippen LogP contribution < -0.4 is 5.76 Å². The summed E-state index contributed by atoms with van der Waals surface area (Å²) in [7, 11) is 0. The Bertz CT molecular complexity index is 513. The van der Waals surface area contributed by atoms with Gasteiger partial charge in [0.05, 0.1) is 0 Å². The monoisotopic (exact) mass is 332 g/mol. The van der Waals surface area contributed by atoms with E-state index in [-0.39, 0.29) is 0 Å². The fourth-order valence-electron chi connectivity index (χ4n) is 1.21. The number of nitrogens with zero attached hydrogens (tertiary/aromatic N) is 1. The zero-order valence-electron chi connectivity index (χ0n) is 7.46. The van der Waals surface area contributed by atoms with Crippen molar-refractivity contribution in [3.8, 4) is 0 Å². The van der Waals surface area contributed by atoms with Crippen LogP contribution in [0.2, 0.25) is 0 Å². The largest absolute Gasteiger partial charge is 0.438 e. The maximum atomic E-state index is 10.7. The molecular weight excluding hydrogens is 328 g/mol. The van der Waals surface area contributed by atoms with Crippen molar-refractivity contribution in [1.29, 1.82) is 0 Å². The Labute approximate surface area is 102 Å². The van der Waals surface area contributed by atoms with Gasteiger partial charge in [0.25, 0.3) is 0 Å². The van der Waals surface area contributed by atoms with E-state index in [4.69, 9.17) is 0 Å². The summed E-state index contributed by atoms with van der Waals surface area (Å²) in [6.07, 6.45) is 0.508. The Morgan fingerprint density at radius 1 is 1.33 bits per heavy atom. The molecule has 0 aliphatic heterocycles. The molecule has 1 aromatic carbocycles. The molecule has 0 spiro atoms. The summed E-state index contributed by atoms with van der Waals surface area (Å²) in [6.45, 7) is 0. The van der Waals surface area contributed by atoms with Crippen molar-refractivity contribution >= 4 is 31.9 Å². The second kappa shape index (κ2) is 4.32. The molecule has 2 rings (SSSR count). The Morgan fingerprint density at radius 2 is 2.00 bits per heavy atom. The summed E-state index contributed by atoms with van der Waals surface area (Å²) in [5, 5.41) is 3.61. The summed E-state index contributed by atoms with van der Waals surface area (Å²) in [6, 6.07) is 5.78. The Morgan fingerprint density at radius 3 is 2.53 bits per heavy atom. The number of aromatic amines is 1. The first kappa shape index (κ1) is 10.6. The van der Waals surface area contributed by atoms with E-state index in [2.05, 4.69) is 46.5 Å². The van der Waals surface area contributed by atoms with Crippen molar-refractivity contribution in [2.45, 2.75) is 6.42 Å². The smallest absolute Gasteiger partial charge is 0.296 e. The number of benzene rings is 1. The van der Waals surface area contributed by atoms with Gasteiger partial charge in [-0.3, -0.25) is 9.51 Å². The standard InChI is InChI=1S/C9H6Br2N2O2/c10-6-2-1-3-7(11)5(6)4-8-12-9(14)15-13-8/h1-3H,4H2,(H,12,13,14). The highest BCUT2D eigenvalue weighted by molar-refractivity contribution is 9.11. The summed E-state index contributed by atoms with van der Waals surface area (Å²) in [4.78, 5) is 13.2. The molecule has 6 heteroatoms. The van der Waals surface area contributed by atoms with Crippen LogP contribution >= 0.6 is 31.9 Å². The van der Waals surface area contributed by atoms with Gasteiger partial charge < -0.3 is 0 Å². The lowest BCUT2D eigenvalue weighted by atomic mass is 10.1. The predicted octanol–water partition coefficient (Wildman–Crippen LogP) is 2.48. The van der Waals surface area contributed by atoms with Gasteiger partial charge in [-0.15, -0.1) is 0 Å². The first-order valence-corrected chi connectivity index (χ1v) is 5.73. The highest BCUT2D eigenvalue weighted by Gasteiger charge is 2.08. The number of halogens is 2. The van der Waals surface area contributed by atoms with Crippen LogP contribution in [0.1, 0.15) is 11.4 Å². The molecule has 4 nitrogen and oxygen atoms in total. The zero-order chi connectivity index (χ0) is 10.8. The normalized spacial score (nSPS) is 10.5. The lowest BCUT2D eigenvalue weighted by Gasteiger charge is -2.03. The van der Waals surface area contributed by atoms with Crippen molar-refractivity contribution in [1.82, 2.24) is 10.1 Å². The molecule has 0 aliphatic rings. The molecule has 0 saturated heterocycles. The summed E-state index contributed by atoms with van der Waals surface area (Å²) < 4.78 is 6.34. The van der Waals surface area contributed by atoms with E-state index in [1.54, 1.807) is 0 Å². The van der Waals surface area contributed by atoms with Crippen LogP contribution in [0.15, 0.2) is 36.5 Å². The van der Waals surface area contributed by atoms with Crippen LogP contribution in [0.4, 0.5) is 0 Å². The molecule has 0 amide bonds. The molecule has 2 aromatic rings. The molecule has 0 atom stereocenters. The van der Waals surface area contributed by atoms with Gasteiger partial charge >= 0.3 is 5.76 Å². The molecule has 0 bridgehead atoms. The lowest BCUT2D eigenvalue weighted by Crippen LogP contribution is -1.98. The Hall–Kier alpha value is -0.880. The average molecular weight is 334 g/mol. The molecule has 1 heterocycles. The maximum Gasteiger partial charge on any atom is 0.438 e. The highest BCUT2D eigenvalue weighted by Crippen LogP contribution is 2.26. The van der Waals surface area contributed by atoms with Crippen LogP contribution in [0.3, 0.4) is 0 Å². The second-order valence-electron chi connectivity index (χ2n) is 2.92. The second-order valence-corrected chi connectivity index (χ2v) is 4.63. The molecule has 1 aromatic heterocycles. The van der Waals surface area contributed by atoms with Crippen LogP contribution in [0, 0.1) is 0 Å². The van der Waals surface area contributed by atoms with Crippen molar-refractivity contribution in [3.63, 3.8) is 0 Å². The fraction of sp³-hybridized carbons (Fsp3) is 0.111. The van der Waals surface area contributed by atoms with Gasteiger partial charge in [0.15, 0.2) is 5.82 Å². The molecule has 0 radical (unpaired) electrons. The number of H-pyrrole nitrogens is 1. The molecule has 15 heavy (non-hydrogen) atoms. The third-order valence-corrected chi connectivity index (χ3v) is 3.38.